The lowest BCUT2D eigenvalue weighted by molar-refractivity contribution is 0.0945. The SMILES string of the molecule is CC(C)Oc1ncccc1CNC(=O)c1cn[nH]n1. The van der Waals surface area contributed by atoms with Gasteiger partial charge in [-0.15, -0.1) is 0 Å². The van der Waals surface area contributed by atoms with Crippen LogP contribution >= 0.6 is 0 Å². The van der Waals surface area contributed by atoms with Crippen molar-refractivity contribution in [2.45, 2.75) is 26.5 Å². The zero-order valence-electron chi connectivity index (χ0n) is 10.8. The Hall–Kier alpha value is -2.44. The van der Waals surface area contributed by atoms with Crippen molar-refractivity contribution >= 4 is 5.91 Å². The van der Waals surface area contributed by atoms with Crippen LogP contribution in [0.25, 0.3) is 0 Å². The highest BCUT2D eigenvalue weighted by Gasteiger charge is 2.11. The van der Waals surface area contributed by atoms with Crippen LogP contribution in [-0.4, -0.2) is 32.4 Å². The molecule has 0 aliphatic carbocycles. The molecular formula is C12H15N5O2. The van der Waals surface area contributed by atoms with E-state index < -0.39 is 0 Å². The molecule has 0 saturated carbocycles. The number of ether oxygens (including phenoxy) is 1. The molecule has 0 aromatic carbocycles. The summed E-state index contributed by atoms with van der Waals surface area (Å²) >= 11 is 0. The lowest BCUT2D eigenvalue weighted by Crippen LogP contribution is -2.24. The number of amides is 1. The van der Waals surface area contributed by atoms with Gasteiger partial charge in [0.2, 0.25) is 5.88 Å². The first kappa shape index (κ1) is 13.0. The van der Waals surface area contributed by atoms with Crippen LogP contribution in [0.3, 0.4) is 0 Å². The maximum absolute atomic E-state index is 11.7. The van der Waals surface area contributed by atoms with E-state index in [1.807, 2.05) is 19.9 Å². The molecule has 0 unspecified atom stereocenters. The van der Waals surface area contributed by atoms with Crippen molar-refractivity contribution < 1.29 is 9.53 Å². The zero-order valence-corrected chi connectivity index (χ0v) is 10.8. The number of aromatic nitrogens is 4. The standard InChI is InChI=1S/C12H15N5O2/c1-8(2)19-12-9(4-3-5-13-12)6-14-11(18)10-7-15-17-16-10/h3-5,7-8H,6H2,1-2H3,(H,14,18)(H,15,16,17). The molecular weight excluding hydrogens is 246 g/mol. The third kappa shape index (κ3) is 3.51. The van der Waals surface area contributed by atoms with E-state index in [4.69, 9.17) is 4.74 Å². The van der Waals surface area contributed by atoms with Gasteiger partial charge < -0.3 is 10.1 Å². The average Bonchev–Trinajstić information content (AvgIpc) is 2.90. The third-order valence-corrected chi connectivity index (χ3v) is 2.28. The van der Waals surface area contributed by atoms with Crippen LogP contribution in [0.1, 0.15) is 29.9 Å². The smallest absolute Gasteiger partial charge is 0.273 e. The highest BCUT2D eigenvalue weighted by Crippen LogP contribution is 2.15. The Kier molecular flexibility index (Phi) is 4.07. The van der Waals surface area contributed by atoms with Crippen LogP contribution in [0.2, 0.25) is 0 Å². The van der Waals surface area contributed by atoms with Gasteiger partial charge >= 0.3 is 0 Å². The lowest BCUT2D eigenvalue weighted by atomic mass is 10.2. The van der Waals surface area contributed by atoms with Gasteiger partial charge in [-0.3, -0.25) is 4.79 Å². The number of pyridine rings is 1. The second-order valence-corrected chi connectivity index (χ2v) is 4.17. The first-order valence-corrected chi connectivity index (χ1v) is 5.91. The van der Waals surface area contributed by atoms with Gasteiger partial charge in [0, 0.05) is 18.3 Å². The summed E-state index contributed by atoms with van der Waals surface area (Å²) in [4.78, 5) is 15.9. The Balaban J connectivity index is 2.01. The number of nitrogens with zero attached hydrogens (tertiary/aromatic N) is 3. The number of carbonyl (C=O) groups is 1. The molecule has 0 aliphatic heterocycles. The molecule has 100 valence electrons. The normalized spacial score (nSPS) is 10.5. The molecule has 7 heteroatoms. The van der Waals surface area contributed by atoms with Gasteiger partial charge in [0.1, 0.15) is 0 Å². The molecule has 19 heavy (non-hydrogen) atoms. The molecule has 0 radical (unpaired) electrons. The van der Waals surface area contributed by atoms with E-state index in [-0.39, 0.29) is 17.7 Å². The summed E-state index contributed by atoms with van der Waals surface area (Å²) in [5.74, 6) is 0.228. The summed E-state index contributed by atoms with van der Waals surface area (Å²) in [6.45, 7) is 4.17. The van der Waals surface area contributed by atoms with Gasteiger partial charge in [0.05, 0.1) is 12.3 Å². The molecule has 2 rings (SSSR count). The molecule has 2 aromatic rings. The number of H-pyrrole nitrogens is 1. The molecule has 0 bridgehead atoms. The molecule has 0 atom stereocenters. The number of nitrogens with one attached hydrogen (secondary N) is 2. The second kappa shape index (κ2) is 5.94. The maximum Gasteiger partial charge on any atom is 0.273 e. The van der Waals surface area contributed by atoms with E-state index in [0.717, 1.165) is 5.56 Å². The van der Waals surface area contributed by atoms with Gasteiger partial charge in [-0.2, -0.15) is 15.4 Å². The van der Waals surface area contributed by atoms with Gasteiger partial charge in [0.15, 0.2) is 5.69 Å². The van der Waals surface area contributed by atoms with E-state index in [9.17, 15) is 4.79 Å². The molecule has 0 fully saturated rings. The Morgan fingerprint density at radius 1 is 1.53 bits per heavy atom. The number of hydrogen-bond donors (Lipinski definition) is 2. The van der Waals surface area contributed by atoms with Crippen molar-refractivity contribution in [1.82, 2.24) is 25.7 Å². The molecule has 1 amide bonds. The quantitative estimate of drug-likeness (QED) is 0.834. The van der Waals surface area contributed by atoms with Gasteiger partial charge in [-0.05, 0) is 19.9 Å². The Labute approximate surface area is 110 Å². The minimum atomic E-state index is -0.298. The van der Waals surface area contributed by atoms with Crippen molar-refractivity contribution in [2.75, 3.05) is 0 Å². The van der Waals surface area contributed by atoms with E-state index in [0.29, 0.717) is 12.4 Å². The van der Waals surface area contributed by atoms with Crippen molar-refractivity contribution in [2.24, 2.45) is 0 Å². The van der Waals surface area contributed by atoms with Gasteiger partial charge in [-0.1, -0.05) is 6.07 Å². The molecule has 7 nitrogen and oxygen atoms in total. The number of hydrogen-bond acceptors (Lipinski definition) is 5. The van der Waals surface area contributed by atoms with Crippen LogP contribution in [0, 0.1) is 0 Å². The van der Waals surface area contributed by atoms with Crippen LogP contribution in [0.15, 0.2) is 24.5 Å². The Morgan fingerprint density at radius 3 is 3.05 bits per heavy atom. The fourth-order valence-corrected chi connectivity index (χ4v) is 1.47. The minimum absolute atomic E-state index is 0.0277. The summed E-state index contributed by atoms with van der Waals surface area (Å²) in [5, 5.41) is 12.4. The molecule has 0 aliphatic rings. The molecule has 2 N–H and O–H groups in total. The minimum Gasteiger partial charge on any atom is -0.475 e. The van der Waals surface area contributed by atoms with Crippen LogP contribution in [0.5, 0.6) is 5.88 Å². The van der Waals surface area contributed by atoms with Crippen molar-refractivity contribution in [3.63, 3.8) is 0 Å². The predicted octanol–water partition coefficient (Wildman–Crippen LogP) is 0.917. The van der Waals surface area contributed by atoms with E-state index in [1.54, 1.807) is 12.3 Å². The van der Waals surface area contributed by atoms with Crippen LogP contribution in [0.4, 0.5) is 0 Å². The van der Waals surface area contributed by atoms with E-state index in [1.165, 1.54) is 6.20 Å². The van der Waals surface area contributed by atoms with Gasteiger partial charge in [0.25, 0.3) is 5.91 Å². The number of rotatable bonds is 5. The topological polar surface area (TPSA) is 92.8 Å². The van der Waals surface area contributed by atoms with E-state index >= 15 is 0 Å². The fourth-order valence-electron chi connectivity index (χ4n) is 1.47. The molecule has 0 spiro atoms. The fraction of sp³-hybridized carbons (Fsp3) is 0.333. The van der Waals surface area contributed by atoms with Crippen molar-refractivity contribution in [1.29, 1.82) is 0 Å². The molecule has 0 saturated heterocycles. The summed E-state index contributed by atoms with van der Waals surface area (Å²) in [6.07, 6.45) is 3.05. The average molecular weight is 261 g/mol. The largest absolute Gasteiger partial charge is 0.475 e. The van der Waals surface area contributed by atoms with Crippen LogP contribution < -0.4 is 10.1 Å². The monoisotopic (exact) mass is 261 g/mol. The zero-order chi connectivity index (χ0) is 13.7. The molecule has 2 heterocycles. The van der Waals surface area contributed by atoms with E-state index in [2.05, 4.69) is 25.7 Å². The third-order valence-electron chi connectivity index (χ3n) is 2.28. The second-order valence-electron chi connectivity index (χ2n) is 4.17. The lowest BCUT2D eigenvalue weighted by Gasteiger charge is -2.12. The first-order chi connectivity index (χ1) is 9.16. The summed E-state index contributed by atoms with van der Waals surface area (Å²) in [6, 6.07) is 3.65. The number of carbonyl (C=O) groups excluding carboxylic acids is 1. The Bertz CT molecular complexity index is 539. The Morgan fingerprint density at radius 2 is 2.37 bits per heavy atom. The summed E-state index contributed by atoms with van der Waals surface area (Å²) in [7, 11) is 0. The number of aromatic amines is 1. The summed E-state index contributed by atoms with van der Waals surface area (Å²) in [5.41, 5.74) is 1.06. The highest BCUT2D eigenvalue weighted by molar-refractivity contribution is 5.91. The molecule has 2 aromatic heterocycles. The van der Waals surface area contributed by atoms with Crippen LogP contribution in [-0.2, 0) is 6.54 Å². The predicted molar refractivity (Wildman–Crippen MR) is 67.6 cm³/mol. The maximum atomic E-state index is 11.7. The van der Waals surface area contributed by atoms with Gasteiger partial charge in [-0.25, -0.2) is 4.98 Å². The summed E-state index contributed by atoms with van der Waals surface area (Å²) < 4.78 is 5.57. The highest BCUT2D eigenvalue weighted by atomic mass is 16.5. The van der Waals surface area contributed by atoms with Crippen molar-refractivity contribution in [3.05, 3.63) is 35.8 Å². The first-order valence-electron chi connectivity index (χ1n) is 5.91. The van der Waals surface area contributed by atoms with Crippen molar-refractivity contribution in [3.8, 4) is 5.88 Å².